The van der Waals surface area contributed by atoms with Gasteiger partial charge in [-0.25, -0.2) is 4.98 Å². The molecule has 0 fully saturated rings. The third kappa shape index (κ3) is 2.49. The van der Waals surface area contributed by atoms with E-state index in [9.17, 15) is 0 Å². The first-order valence-electron chi connectivity index (χ1n) is 6.05. The van der Waals surface area contributed by atoms with Crippen LogP contribution >= 0.6 is 15.9 Å². The molecule has 0 saturated heterocycles. The van der Waals surface area contributed by atoms with E-state index in [1.165, 1.54) is 0 Å². The van der Waals surface area contributed by atoms with Gasteiger partial charge in [-0.1, -0.05) is 22.0 Å². The van der Waals surface area contributed by atoms with Gasteiger partial charge in [-0.15, -0.1) is 0 Å². The van der Waals surface area contributed by atoms with Crippen LogP contribution in [-0.4, -0.2) is 11.6 Å². The zero-order chi connectivity index (χ0) is 13.2. The second kappa shape index (κ2) is 5.05. The number of aromatic nitrogens is 1. The molecule has 96 valence electrons. The van der Waals surface area contributed by atoms with Gasteiger partial charge in [0.2, 0.25) is 5.89 Å². The molecule has 0 saturated carbocycles. The highest BCUT2D eigenvalue weighted by Gasteiger charge is 2.09. The van der Waals surface area contributed by atoms with Crippen molar-refractivity contribution < 1.29 is 9.15 Å². The fourth-order valence-electron chi connectivity index (χ4n) is 1.91. The summed E-state index contributed by atoms with van der Waals surface area (Å²) in [5, 5.41) is 0. The van der Waals surface area contributed by atoms with Crippen molar-refractivity contribution >= 4 is 27.0 Å². The number of oxazole rings is 1. The number of hydrogen-bond donors (Lipinski definition) is 0. The number of benzene rings is 2. The second-order valence-electron chi connectivity index (χ2n) is 4.09. The number of halogens is 1. The standard InChI is InChI=1S/C15H12BrNO2/c1-2-18-12-5-3-4-10(8-12)15-17-13-7-6-11(16)9-14(13)19-15/h3-9H,2H2,1H3. The molecule has 0 aliphatic carbocycles. The molecular formula is C15H12BrNO2. The zero-order valence-electron chi connectivity index (χ0n) is 10.4. The lowest BCUT2D eigenvalue weighted by molar-refractivity contribution is 0.340. The minimum absolute atomic E-state index is 0.606. The van der Waals surface area contributed by atoms with Crippen LogP contribution in [0.15, 0.2) is 51.4 Å². The van der Waals surface area contributed by atoms with E-state index >= 15 is 0 Å². The molecule has 19 heavy (non-hydrogen) atoms. The highest BCUT2D eigenvalue weighted by atomic mass is 79.9. The van der Waals surface area contributed by atoms with Crippen LogP contribution in [0.5, 0.6) is 5.75 Å². The van der Waals surface area contributed by atoms with Crippen LogP contribution in [0.3, 0.4) is 0 Å². The molecule has 0 unspecified atom stereocenters. The van der Waals surface area contributed by atoms with Crippen LogP contribution in [0.2, 0.25) is 0 Å². The highest BCUT2D eigenvalue weighted by Crippen LogP contribution is 2.28. The van der Waals surface area contributed by atoms with E-state index in [1.54, 1.807) is 0 Å². The van der Waals surface area contributed by atoms with Crippen molar-refractivity contribution in [2.45, 2.75) is 6.92 Å². The maximum absolute atomic E-state index is 5.77. The van der Waals surface area contributed by atoms with Crippen molar-refractivity contribution in [3.8, 4) is 17.2 Å². The van der Waals surface area contributed by atoms with Gasteiger partial charge in [-0.3, -0.25) is 0 Å². The van der Waals surface area contributed by atoms with Gasteiger partial charge >= 0.3 is 0 Å². The van der Waals surface area contributed by atoms with Crippen LogP contribution in [0.1, 0.15) is 6.92 Å². The molecule has 0 bridgehead atoms. The SMILES string of the molecule is CCOc1cccc(-c2nc3ccc(Br)cc3o2)c1. The molecule has 1 aromatic heterocycles. The molecule has 0 radical (unpaired) electrons. The quantitative estimate of drug-likeness (QED) is 0.705. The van der Waals surface area contributed by atoms with Gasteiger partial charge in [0.1, 0.15) is 11.3 Å². The minimum Gasteiger partial charge on any atom is -0.494 e. The van der Waals surface area contributed by atoms with E-state index in [0.29, 0.717) is 12.5 Å². The molecule has 0 N–H and O–H groups in total. The predicted octanol–water partition coefficient (Wildman–Crippen LogP) is 4.66. The summed E-state index contributed by atoms with van der Waals surface area (Å²) in [6.07, 6.45) is 0. The molecule has 2 aromatic carbocycles. The van der Waals surface area contributed by atoms with Gasteiger partial charge in [0.15, 0.2) is 5.58 Å². The van der Waals surface area contributed by atoms with E-state index in [2.05, 4.69) is 20.9 Å². The van der Waals surface area contributed by atoms with Crippen LogP contribution in [0, 0.1) is 0 Å². The first kappa shape index (κ1) is 12.2. The summed E-state index contributed by atoms with van der Waals surface area (Å²) in [4.78, 5) is 4.48. The van der Waals surface area contributed by atoms with Gasteiger partial charge in [0.25, 0.3) is 0 Å². The Kier molecular flexibility index (Phi) is 3.25. The monoisotopic (exact) mass is 317 g/mol. The van der Waals surface area contributed by atoms with Crippen LogP contribution in [-0.2, 0) is 0 Å². The van der Waals surface area contributed by atoms with Gasteiger partial charge in [-0.2, -0.15) is 0 Å². The van der Waals surface area contributed by atoms with Crippen LogP contribution in [0.25, 0.3) is 22.6 Å². The minimum atomic E-state index is 0.606. The summed E-state index contributed by atoms with van der Waals surface area (Å²) >= 11 is 3.42. The summed E-state index contributed by atoms with van der Waals surface area (Å²) in [6.45, 7) is 2.60. The average Bonchev–Trinajstić information content (AvgIpc) is 2.82. The van der Waals surface area contributed by atoms with Gasteiger partial charge in [-0.05, 0) is 43.3 Å². The molecule has 3 aromatic rings. The van der Waals surface area contributed by atoms with E-state index in [0.717, 1.165) is 26.9 Å². The molecule has 0 spiro atoms. The molecule has 4 heteroatoms. The Morgan fingerprint density at radius 2 is 2.11 bits per heavy atom. The van der Waals surface area contributed by atoms with Gasteiger partial charge in [0, 0.05) is 10.0 Å². The lowest BCUT2D eigenvalue weighted by Crippen LogP contribution is -1.91. The maximum atomic E-state index is 5.77. The summed E-state index contributed by atoms with van der Waals surface area (Å²) < 4.78 is 12.2. The predicted molar refractivity (Wildman–Crippen MR) is 78.3 cm³/mol. The number of rotatable bonds is 3. The van der Waals surface area contributed by atoms with E-state index < -0.39 is 0 Å². The molecule has 1 heterocycles. The normalized spacial score (nSPS) is 10.8. The summed E-state index contributed by atoms with van der Waals surface area (Å²) in [6, 6.07) is 13.5. The summed E-state index contributed by atoms with van der Waals surface area (Å²) in [5.74, 6) is 1.43. The fraction of sp³-hybridized carbons (Fsp3) is 0.133. The van der Waals surface area contributed by atoms with E-state index in [1.807, 2.05) is 49.4 Å². The third-order valence-corrected chi connectivity index (χ3v) is 3.24. The number of ether oxygens (including phenoxy) is 1. The lowest BCUT2D eigenvalue weighted by Gasteiger charge is -2.03. The Morgan fingerprint density at radius 1 is 1.21 bits per heavy atom. The third-order valence-electron chi connectivity index (χ3n) is 2.74. The van der Waals surface area contributed by atoms with Crippen LogP contribution in [0.4, 0.5) is 0 Å². The van der Waals surface area contributed by atoms with Crippen molar-refractivity contribution in [1.29, 1.82) is 0 Å². The van der Waals surface area contributed by atoms with E-state index in [4.69, 9.17) is 9.15 Å². The van der Waals surface area contributed by atoms with Crippen molar-refractivity contribution in [2.75, 3.05) is 6.61 Å². The summed E-state index contributed by atoms with van der Waals surface area (Å²) in [5.41, 5.74) is 2.53. The molecule has 3 nitrogen and oxygen atoms in total. The van der Waals surface area contributed by atoms with Crippen molar-refractivity contribution in [2.24, 2.45) is 0 Å². The Hall–Kier alpha value is -1.81. The molecule has 0 atom stereocenters. The van der Waals surface area contributed by atoms with Crippen molar-refractivity contribution in [3.63, 3.8) is 0 Å². The largest absolute Gasteiger partial charge is 0.494 e. The Balaban J connectivity index is 2.05. The Labute approximate surface area is 119 Å². The first-order valence-corrected chi connectivity index (χ1v) is 6.85. The number of nitrogens with zero attached hydrogens (tertiary/aromatic N) is 1. The second-order valence-corrected chi connectivity index (χ2v) is 5.01. The molecule has 3 rings (SSSR count). The smallest absolute Gasteiger partial charge is 0.227 e. The maximum Gasteiger partial charge on any atom is 0.227 e. The van der Waals surface area contributed by atoms with E-state index in [-0.39, 0.29) is 0 Å². The van der Waals surface area contributed by atoms with Crippen molar-refractivity contribution in [3.05, 3.63) is 46.9 Å². The molecule has 0 aliphatic rings. The van der Waals surface area contributed by atoms with Gasteiger partial charge in [0.05, 0.1) is 6.61 Å². The topological polar surface area (TPSA) is 35.3 Å². The summed E-state index contributed by atoms with van der Waals surface area (Å²) in [7, 11) is 0. The Morgan fingerprint density at radius 3 is 2.95 bits per heavy atom. The lowest BCUT2D eigenvalue weighted by atomic mass is 10.2. The molecule has 0 amide bonds. The number of fused-ring (bicyclic) bond motifs is 1. The number of hydrogen-bond acceptors (Lipinski definition) is 3. The van der Waals surface area contributed by atoms with Crippen molar-refractivity contribution in [1.82, 2.24) is 4.98 Å². The Bertz CT molecular complexity index is 721. The highest BCUT2D eigenvalue weighted by molar-refractivity contribution is 9.10. The molecule has 0 aliphatic heterocycles. The zero-order valence-corrected chi connectivity index (χ0v) is 12.0. The molecular weight excluding hydrogens is 306 g/mol. The first-order chi connectivity index (χ1) is 9.26. The fourth-order valence-corrected chi connectivity index (χ4v) is 2.25. The van der Waals surface area contributed by atoms with Gasteiger partial charge < -0.3 is 9.15 Å². The average molecular weight is 318 g/mol. The van der Waals surface area contributed by atoms with Crippen LogP contribution < -0.4 is 4.74 Å².